The quantitative estimate of drug-likeness (QED) is 0.275. The second kappa shape index (κ2) is 15.7. The van der Waals surface area contributed by atoms with Crippen molar-refractivity contribution in [3.05, 3.63) is 0 Å². The Hall–Kier alpha value is -1.38. The largest absolute Gasteiger partial charge is 0.459 e. The molecule has 0 aromatic heterocycles. The Balaban J connectivity index is 2.53. The number of cyclic esters (lactones) is 1. The fourth-order valence-electron chi connectivity index (χ4n) is 7.18. The van der Waals surface area contributed by atoms with E-state index in [1.807, 2.05) is 25.8 Å². The van der Waals surface area contributed by atoms with Crippen molar-refractivity contribution in [1.82, 2.24) is 9.80 Å². The molecule has 0 saturated carbocycles. The number of aliphatic hydroxyl groups excluding tert-OH is 3. The number of carbonyl (C=O) groups is 2. The Morgan fingerprint density at radius 1 is 1.09 bits per heavy atom. The van der Waals surface area contributed by atoms with Crippen LogP contribution in [0.3, 0.4) is 0 Å². The topological polar surface area (TPSA) is 169 Å². The number of hydrogen-bond donors (Lipinski definition) is 5. The molecule has 0 aliphatic carbocycles. The Kier molecular flexibility index (Phi) is 13.9. The van der Waals surface area contributed by atoms with Crippen LogP contribution in [0.15, 0.2) is 0 Å². The molecule has 264 valence electrons. The maximum atomic E-state index is 13.4. The first kappa shape index (κ1) is 39.8. The summed E-state index contributed by atoms with van der Waals surface area (Å²) >= 11 is 0. The summed E-state index contributed by atoms with van der Waals surface area (Å²) in [6, 6.07) is -1.14. The summed E-state index contributed by atoms with van der Waals surface area (Å²) in [6.07, 6.45) is -6.85. The highest BCUT2D eigenvalue weighted by molar-refractivity contribution is 5.78. The van der Waals surface area contributed by atoms with Gasteiger partial charge < -0.3 is 49.5 Å². The van der Waals surface area contributed by atoms with Crippen molar-refractivity contribution in [2.45, 2.75) is 155 Å². The van der Waals surface area contributed by atoms with Crippen LogP contribution in [0.1, 0.15) is 88.5 Å². The molecule has 2 saturated heterocycles. The molecule has 1 amide bonds. The van der Waals surface area contributed by atoms with Crippen LogP contribution in [0.5, 0.6) is 0 Å². The molecule has 0 bridgehead atoms. The maximum absolute atomic E-state index is 13.4. The number of nitrogens with zero attached hydrogens (tertiary/aromatic N) is 2. The molecule has 2 aliphatic rings. The van der Waals surface area contributed by atoms with E-state index >= 15 is 0 Å². The molecule has 2 rings (SSSR count). The predicted molar refractivity (Wildman–Crippen MR) is 169 cm³/mol. The van der Waals surface area contributed by atoms with E-state index in [0.717, 1.165) is 0 Å². The molecule has 2 heterocycles. The molecule has 0 unspecified atom stereocenters. The maximum Gasteiger partial charge on any atom is 0.311 e. The summed E-state index contributed by atoms with van der Waals surface area (Å²) in [5.41, 5.74) is -3.36. The smallest absolute Gasteiger partial charge is 0.311 e. The average Bonchev–Trinajstić information content (AvgIpc) is 2.95. The molecule has 2 fully saturated rings. The van der Waals surface area contributed by atoms with Gasteiger partial charge in [-0.3, -0.25) is 9.59 Å². The molecule has 0 aromatic carbocycles. The van der Waals surface area contributed by atoms with Crippen molar-refractivity contribution < 1.29 is 49.3 Å². The van der Waals surface area contributed by atoms with Gasteiger partial charge in [0.05, 0.1) is 35.9 Å². The Morgan fingerprint density at radius 2 is 1.67 bits per heavy atom. The first-order valence-electron chi connectivity index (χ1n) is 16.6. The van der Waals surface area contributed by atoms with E-state index in [1.165, 1.54) is 18.7 Å². The van der Waals surface area contributed by atoms with Crippen LogP contribution in [0.25, 0.3) is 0 Å². The van der Waals surface area contributed by atoms with Crippen molar-refractivity contribution in [2.75, 3.05) is 20.6 Å². The minimum Gasteiger partial charge on any atom is -0.459 e. The van der Waals surface area contributed by atoms with E-state index in [-0.39, 0.29) is 36.7 Å². The van der Waals surface area contributed by atoms with Gasteiger partial charge in [0.2, 0.25) is 5.91 Å². The second-order valence-corrected chi connectivity index (χ2v) is 14.8. The third-order valence-electron chi connectivity index (χ3n) is 10.1. The van der Waals surface area contributed by atoms with E-state index in [4.69, 9.17) is 14.2 Å². The molecule has 45 heavy (non-hydrogen) atoms. The monoisotopic (exact) mass is 646 g/mol. The van der Waals surface area contributed by atoms with Crippen LogP contribution in [0, 0.1) is 23.7 Å². The third kappa shape index (κ3) is 9.16. The van der Waals surface area contributed by atoms with Gasteiger partial charge in [-0.2, -0.15) is 0 Å². The van der Waals surface area contributed by atoms with Crippen LogP contribution in [0.2, 0.25) is 0 Å². The minimum atomic E-state index is -1.78. The molecule has 14 atom stereocenters. The van der Waals surface area contributed by atoms with E-state index in [2.05, 4.69) is 0 Å². The fraction of sp³-hybridized carbons (Fsp3) is 0.939. The van der Waals surface area contributed by atoms with Crippen LogP contribution in [0.4, 0.5) is 0 Å². The molecule has 0 radical (unpaired) electrons. The number of ether oxygens (including phenoxy) is 3. The lowest BCUT2D eigenvalue weighted by Gasteiger charge is -2.47. The number of likely N-dealkylation sites (N-methyl/N-ethyl adjacent to an activating group) is 2. The van der Waals surface area contributed by atoms with Gasteiger partial charge in [-0.15, -0.1) is 0 Å². The number of amides is 1. The lowest BCUT2D eigenvalue weighted by molar-refractivity contribution is -0.299. The Labute approximate surface area is 270 Å². The van der Waals surface area contributed by atoms with Gasteiger partial charge >= 0.3 is 5.97 Å². The molecule has 5 N–H and O–H groups in total. The summed E-state index contributed by atoms with van der Waals surface area (Å²) in [6.45, 7) is 17.5. The molecule has 12 heteroatoms. The number of rotatable bonds is 5. The number of hydrogen-bond acceptors (Lipinski definition) is 11. The normalized spacial score (nSPS) is 45.0. The standard InChI is InChI=1S/C33H62N2O10/c1-13-24-33(10,42)27(38)22(8)34(11)16-18(4)15-32(9,41)28(20(6)25(36)21(7)30(40)44-24)45-31-26(37)23(14-19(5)43-31)35(12)29(39)17(2)3/h17-28,31,36-38,41-42H,13-16H2,1-12H3/t18-,19-,20+,21-,22-,23+,24-,25+,26-,27-,28-,31+,32-,33-/m1/s1. The summed E-state index contributed by atoms with van der Waals surface area (Å²) in [7, 11) is 3.45. The zero-order valence-electron chi connectivity index (χ0n) is 29.5. The first-order valence-corrected chi connectivity index (χ1v) is 16.6. The summed E-state index contributed by atoms with van der Waals surface area (Å²) in [4.78, 5) is 29.6. The predicted octanol–water partition coefficient (Wildman–Crippen LogP) is 1.53. The van der Waals surface area contributed by atoms with Crippen molar-refractivity contribution in [1.29, 1.82) is 0 Å². The number of aliphatic hydroxyl groups is 5. The van der Waals surface area contributed by atoms with Gasteiger partial charge in [0.25, 0.3) is 0 Å². The van der Waals surface area contributed by atoms with E-state index in [0.29, 0.717) is 13.0 Å². The highest BCUT2D eigenvalue weighted by Crippen LogP contribution is 2.36. The zero-order valence-corrected chi connectivity index (χ0v) is 29.5. The fourth-order valence-corrected chi connectivity index (χ4v) is 7.18. The number of esters is 1. The summed E-state index contributed by atoms with van der Waals surface area (Å²) < 4.78 is 18.2. The Morgan fingerprint density at radius 3 is 2.20 bits per heavy atom. The molecule has 0 aromatic rings. The summed E-state index contributed by atoms with van der Waals surface area (Å²) in [5, 5.41) is 57.6. The first-order chi connectivity index (χ1) is 20.6. The van der Waals surface area contributed by atoms with Crippen LogP contribution >= 0.6 is 0 Å². The number of carbonyl (C=O) groups excluding carboxylic acids is 2. The third-order valence-corrected chi connectivity index (χ3v) is 10.1. The van der Waals surface area contributed by atoms with Crippen LogP contribution in [-0.2, 0) is 23.8 Å². The van der Waals surface area contributed by atoms with Crippen molar-refractivity contribution >= 4 is 11.9 Å². The van der Waals surface area contributed by atoms with Crippen LogP contribution < -0.4 is 0 Å². The van der Waals surface area contributed by atoms with Gasteiger partial charge in [-0.05, 0) is 66.8 Å². The minimum absolute atomic E-state index is 0.134. The van der Waals surface area contributed by atoms with Gasteiger partial charge in [-0.25, -0.2) is 0 Å². The van der Waals surface area contributed by atoms with Gasteiger partial charge in [-0.1, -0.05) is 34.6 Å². The lowest BCUT2D eigenvalue weighted by atomic mass is 9.78. The summed E-state index contributed by atoms with van der Waals surface area (Å²) in [5.74, 6) is -3.28. The van der Waals surface area contributed by atoms with E-state index < -0.39 is 77.9 Å². The van der Waals surface area contributed by atoms with E-state index in [1.54, 1.807) is 48.6 Å². The highest BCUT2D eigenvalue weighted by Gasteiger charge is 2.50. The van der Waals surface area contributed by atoms with Crippen molar-refractivity contribution in [3.63, 3.8) is 0 Å². The average molecular weight is 647 g/mol. The highest BCUT2D eigenvalue weighted by atomic mass is 16.7. The zero-order chi connectivity index (χ0) is 34.8. The van der Waals surface area contributed by atoms with Gasteiger partial charge in [0, 0.05) is 31.5 Å². The second-order valence-electron chi connectivity index (χ2n) is 14.8. The molecular formula is C33H62N2O10. The van der Waals surface area contributed by atoms with Crippen molar-refractivity contribution in [3.8, 4) is 0 Å². The Bertz CT molecular complexity index is 977. The molecule has 12 nitrogen and oxygen atoms in total. The van der Waals surface area contributed by atoms with Crippen LogP contribution in [-0.4, -0.2) is 134 Å². The van der Waals surface area contributed by atoms with Crippen molar-refractivity contribution in [2.24, 2.45) is 23.7 Å². The van der Waals surface area contributed by atoms with Gasteiger partial charge in [0.15, 0.2) is 6.29 Å². The molecule has 0 spiro atoms. The lowest BCUT2D eigenvalue weighted by Crippen LogP contribution is -2.60. The molecular weight excluding hydrogens is 584 g/mol. The SMILES string of the molecule is CC[C@H]1OC(=O)[C@H](C)[C@@H](O)[C@H](C)[C@@H](O[C@@H]2O[C@H](C)C[C@H](N(C)C(=O)C(C)C)[C@H]2O)[C@](C)(O)C[C@@H](C)CN(C)[C@H](C)[C@@H](O)[C@]1(C)O. The van der Waals surface area contributed by atoms with E-state index in [9.17, 15) is 35.1 Å². The molecule has 2 aliphatic heterocycles. The van der Waals surface area contributed by atoms with Gasteiger partial charge in [0.1, 0.15) is 23.9 Å².